The highest BCUT2D eigenvalue weighted by molar-refractivity contribution is 9.10. The average Bonchev–Trinajstić information content (AvgIpc) is 2.50. The van der Waals surface area contributed by atoms with Gasteiger partial charge in [-0.3, -0.25) is 14.8 Å². The van der Waals surface area contributed by atoms with E-state index in [0.717, 1.165) is 10.0 Å². The fourth-order valence-electron chi connectivity index (χ4n) is 1.97. The van der Waals surface area contributed by atoms with Gasteiger partial charge in [-0.2, -0.15) is 0 Å². The number of aryl methyl sites for hydroxylation is 1. The largest absolute Gasteiger partial charge is 0.306 e. The maximum absolute atomic E-state index is 12.4. The Morgan fingerprint density at radius 2 is 2.00 bits per heavy atom. The van der Waals surface area contributed by atoms with E-state index in [1.165, 1.54) is 0 Å². The number of anilines is 1. The first-order valence-corrected chi connectivity index (χ1v) is 7.07. The SMILES string of the molecule is Cc1cc(NC(=O)c2cccc3nccnc23)ncc1Br. The lowest BCUT2D eigenvalue weighted by Crippen LogP contribution is -2.14. The van der Waals surface area contributed by atoms with Crippen molar-refractivity contribution >= 4 is 38.7 Å². The summed E-state index contributed by atoms with van der Waals surface area (Å²) >= 11 is 3.38. The minimum absolute atomic E-state index is 0.254. The van der Waals surface area contributed by atoms with E-state index in [9.17, 15) is 4.79 Å². The van der Waals surface area contributed by atoms with Gasteiger partial charge in [0.15, 0.2) is 0 Å². The van der Waals surface area contributed by atoms with Crippen molar-refractivity contribution in [2.24, 2.45) is 0 Å². The number of benzene rings is 1. The summed E-state index contributed by atoms with van der Waals surface area (Å²) in [6.45, 7) is 1.94. The van der Waals surface area contributed by atoms with Crippen molar-refractivity contribution < 1.29 is 4.79 Å². The van der Waals surface area contributed by atoms with Crippen LogP contribution in [0, 0.1) is 6.92 Å². The number of hydrogen-bond donors (Lipinski definition) is 1. The minimum Gasteiger partial charge on any atom is -0.306 e. The molecular weight excluding hydrogens is 332 g/mol. The summed E-state index contributed by atoms with van der Waals surface area (Å²) in [5, 5.41) is 2.78. The fourth-order valence-corrected chi connectivity index (χ4v) is 2.18. The van der Waals surface area contributed by atoms with Gasteiger partial charge in [-0.15, -0.1) is 0 Å². The highest BCUT2D eigenvalue weighted by Crippen LogP contribution is 2.19. The monoisotopic (exact) mass is 342 g/mol. The minimum atomic E-state index is -0.254. The number of carbonyl (C=O) groups is 1. The number of aromatic nitrogens is 3. The molecule has 0 aliphatic carbocycles. The van der Waals surface area contributed by atoms with Crippen molar-refractivity contribution in [3.63, 3.8) is 0 Å². The summed E-state index contributed by atoms with van der Waals surface area (Å²) in [6, 6.07) is 7.13. The molecule has 104 valence electrons. The maximum atomic E-state index is 12.4. The predicted octanol–water partition coefficient (Wildman–Crippen LogP) is 3.35. The van der Waals surface area contributed by atoms with Crippen molar-refractivity contribution in [1.82, 2.24) is 15.0 Å². The number of carbonyl (C=O) groups excluding carboxylic acids is 1. The van der Waals surface area contributed by atoms with Gasteiger partial charge < -0.3 is 5.32 Å². The van der Waals surface area contributed by atoms with Crippen LogP contribution in [-0.4, -0.2) is 20.9 Å². The van der Waals surface area contributed by atoms with Gasteiger partial charge in [0.05, 0.1) is 11.1 Å². The van der Waals surface area contributed by atoms with Crippen molar-refractivity contribution in [2.45, 2.75) is 6.92 Å². The van der Waals surface area contributed by atoms with E-state index in [1.807, 2.05) is 13.0 Å². The third kappa shape index (κ3) is 2.75. The Morgan fingerprint density at radius 3 is 2.81 bits per heavy atom. The quantitative estimate of drug-likeness (QED) is 0.775. The number of amides is 1. The van der Waals surface area contributed by atoms with E-state index in [-0.39, 0.29) is 5.91 Å². The number of pyridine rings is 1. The number of fused-ring (bicyclic) bond motifs is 1. The molecule has 0 bridgehead atoms. The zero-order valence-electron chi connectivity index (χ0n) is 11.2. The van der Waals surface area contributed by atoms with Crippen LogP contribution in [0.2, 0.25) is 0 Å². The molecule has 2 heterocycles. The van der Waals surface area contributed by atoms with Gasteiger partial charge >= 0.3 is 0 Å². The predicted molar refractivity (Wildman–Crippen MR) is 84.2 cm³/mol. The van der Waals surface area contributed by atoms with E-state index in [4.69, 9.17) is 0 Å². The third-order valence-electron chi connectivity index (χ3n) is 3.03. The molecule has 6 heteroatoms. The molecule has 5 nitrogen and oxygen atoms in total. The highest BCUT2D eigenvalue weighted by atomic mass is 79.9. The molecule has 1 amide bonds. The van der Waals surface area contributed by atoms with E-state index < -0.39 is 0 Å². The molecule has 0 aliphatic rings. The lowest BCUT2D eigenvalue weighted by atomic mass is 10.1. The second-order valence-corrected chi connectivity index (χ2v) is 5.36. The van der Waals surface area contributed by atoms with Crippen molar-refractivity contribution in [1.29, 1.82) is 0 Å². The molecule has 0 aliphatic heterocycles. The van der Waals surface area contributed by atoms with Crippen LogP contribution in [0.3, 0.4) is 0 Å². The van der Waals surface area contributed by atoms with Gasteiger partial charge in [-0.05, 0) is 46.6 Å². The summed E-state index contributed by atoms with van der Waals surface area (Å²) in [6.07, 6.45) is 4.83. The van der Waals surface area contributed by atoms with Crippen LogP contribution in [-0.2, 0) is 0 Å². The molecule has 0 atom stereocenters. The third-order valence-corrected chi connectivity index (χ3v) is 3.86. The van der Waals surface area contributed by atoms with Crippen LogP contribution in [0.15, 0.2) is 47.3 Å². The molecule has 1 N–H and O–H groups in total. The van der Waals surface area contributed by atoms with Crippen LogP contribution in [0.5, 0.6) is 0 Å². The molecule has 3 aromatic rings. The number of nitrogens with zero attached hydrogens (tertiary/aromatic N) is 3. The Hall–Kier alpha value is -2.34. The normalized spacial score (nSPS) is 10.6. The maximum Gasteiger partial charge on any atom is 0.259 e. The van der Waals surface area contributed by atoms with E-state index in [0.29, 0.717) is 22.4 Å². The smallest absolute Gasteiger partial charge is 0.259 e. The molecule has 1 aromatic carbocycles. The van der Waals surface area contributed by atoms with E-state index in [1.54, 1.807) is 36.8 Å². The Balaban J connectivity index is 1.95. The molecule has 0 spiro atoms. The topological polar surface area (TPSA) is 67.8 Å². The number of para-hydroxylation sites is 1. The number of nitrogens with one attached hydrogen (secondary N) is 1. The summed E-state index contributed by atoms with van der Waals surface area (Å²) in [7, 11) is 0. The second-order valence-electron chi connectivity index (χ2n) is 4.50. The Labute approximate surface area is 129 Å². The van der Waals surface area contributed by atoms with Gasteiger partial charge in [-0.25, -0.2) is 4.98 Å². The van der Waals surface area contributed by atoms with Gasteiger partial charge in [0.25, 0.3) is 5.91 Å². The Bertz CT molecular complexity index is 830. The Kier molecular flexibility index (Phi) is 3.62. The van der Waals surface area contributed by atoms with Crippen molar-refractivity contribution in [2.75, 3.05) is 5.32 Å². The molecule has 0 unspecified atom stereocenters. The zero-order valence-corrected chi connectivity index (χ0v) is 12.8. The zero-order chi connectivity index (χ0) is 14.8. The summed E-state index contributed by atoms with van der Waals surface area (Å²) in [5.41, 5.74) is 2.73. The standard InChI is InChI=1S/C15H11BrN4O/c1-9-7-13(19-8-11(9)16)20-15(21)10-3-2-4-12-14(10)18-6-5-17-12/h2-8H,1H3,(H,19,20,21). The molecule has 0 saturated carbocycles. The second kappa shape index (κ2) is 5.57. The van der Waals surface area contributed by atoms with Crippen molar-refractivity contribution in [3.05, 3.63) is 58.5 Å². The summed E-state index contributed by atoms with van der Waals surface area (Å²) < 4.78 is 0.900. The first-order valence-electron chi connectivity index (χ1n) is 6.28. The van der Waals surface area contributed by atoms with Crippen LogP contribution >= 0.6 is 15.9 Å². The molecule has 21 heavy (non-hydrogen) atoms. The fraction of sp³-hybridized carbons (Fsp3) is 0.0667. The molecule has 0 fully saturated rings. The van der Waals surface area contributed by atoms with E-state index >= 15 is 0 Å². The molecule has 3 rings (SSSR count). The van der Waals surface area contributed by atoms with Crippen molar-refractivity contribution in [3.8, 4) is 0 Å². The average molecular weight is 343 g/mol. The van der Waals surface area contributed by atoms with Crippen LogP contribution < -0.4 is 5.32 Å². The molecule has 2 aromatic heterocycles. The molecule has 0 radical (unpaired) electrons. The Morgan fingerprint density at radius 1 is 1.19 bits per heavy atom. The summed E-state index contributed by atoms with van der Waals surface area (Å²) in [5.74, 6) is 0.247. The highest BCUT2D eigenvalue weighted by Gasteiger charge is 2.12. The molecule has 0 saturated heterocycles. The first kappa shape index (κ1) is 13.6. The number of halogens is 1. The van der Waals surface area contributed by atoms with Crippen LogP contribution in [0.4, 0.5) is 5.82 Å². The van der Waals surface area contributed by atoms with Gasteiger partial charge in [0.2, 0.25) is 0 Å². The van der Waals surface area contributed by atoms with Gasteiger partial charge in [-0.1, -0.05) is 6.07 Å². The van der Waals surface area contributed by atoms with Gasteiger partial charge in [0, 0.05) is 23.1 Å². The number of rotatable bonds is 2. The van der Waals surface area contributed by atoms with Gasteiger partial charge in [0.1, 0.15) is 11.3 Å². The lowest BCUT2D eigenvalue weighted by molar-refractivity contribution is 0.102. The summed E-state index contributed by atoms with van der Waals surface area (Å²) in [4.78, 5) is 25.0. The number of hydrogen-bond acceptors (Lipinski definition) is 4. The first-order chi connectivity index (χ1) is 10.1. The van der Waals surface area contributed by atoms with Crippen LogP contribution in [0.1, 0.15) is 15.9 Å². The van der Waals surface area contributed by atoms with Crippen LogP contribution in [0.25, 0.3) is 11.0 Å². The molecular formula is C15H11BrN4O. The van der Waals surface area contributed by atoms with E-state index in [2.05, 4.69) is 36.2 Å². The lowest BCUT2D eigenvalue weighted by Gasteiger charge is -2.07.